The number of fused-ring (bicyclic) bond motifs is 1. The van der Waals surface area contributed by atoms with E-state index in [9.17, 15) is 18.0 Å². The third-order valence-corrected chi connectivity index (χ3v) is 6.15. The molecule has 0 amide bonds. The molecule has 2 aromatic heterocycles. The first-order valence-electron chi connectivity index (χ1n) is 10.7. The summed E-state index contributed by atoms with van der Waals surface area (Å²) in [6, 6.07) is 5.47. The van der Waals surface area contributed by atoms with Crippen LogP contribution in [0.25, 0.3) is 10.9 Å². The fourth-order valence-corrected chi connectivity index (χ4v) is 4.42. The highest BCUT2D eigenvalue weighted by molar-refractivity contribution is 5.93. The van der Waals surface area contributed by atoms with E-state index in [1.807, 2.05) is 4.90 Å². The molecule has 1 aliphatic rings. The van der Waals surface area contributed by atoms with Crippen molar-refractivity contribution < 1.29 is 17.9 Å². The van der Waals surface area contributed by atoms with Crippen molar-refractivity contribution in [1.29, 1.82) is 0 Å². The van der Waals surface area contributed by atoms with E-state index in [4.69, 9.17) is 4.74 Å². The number of aromatic nitrogens is 3. The number of nitrogens with one attached hydrogen (secondary N) is 1. The van der Waals surface area contributed by atoms with Crippen molar-refractivity contribution in [3.8, 4) is 0 Å². The van der Waals surface area contributed by atoms with Gasteiger partial charge in [0.1, 0.15) is 5.69 Å². The van der Waals surface area contributed by atoms with Crippen molar-refractivity contribution in [2.45, 2.75) is 33.0 Å². The van der Waals surface area contributed by atoms with Crippen molar-refractivity contribution in [3.05, 3.63) is 57.0 Å². The molecule has 3 aromatic rings. The highest BCUT2D eigenvalue weighted by atomic mass is 19.4. The first-order chi connectivity index (χ1) is 15.6. The van der Waals surface area contributed by atoms with E-state index in [-0.39, 0.29) is 11.1 Å². The number of ether oxygens (including phenoxy) is 1. The second-order valence-electron chi connectivity index (χ2n) is 8.27. The van der Waals surface area contributed by atoms with Gasteiger partial charge in [-0.2, -0.15) is 18.3 Å². The predicted octanol–water partition coefficient (Wildman–Crippen LogP) is 3.97. The van der Waals surface area contributed by atoms with Gasteiger partial charge < -0.3 is 19.5 Å². The van der Waals surface area contributed by atoms with Crippen molar-refractivity contribution in [1.82, 2.24) is 14.8 Å². The van der Waals surface area contributed by atoms with Gasteiger partial charge in [-0.15, -0.1) is 5.10 Å². The quantitative estimate of drug-likeness (QED) is 0.634. The van der Waals surface area contributed by atoms with Crippen molar-refractivity contribution in [3.63, 3.8) is 0 Å². The minimum atomic E-state index is -4.43. The molecule has 1 fully saturated rings. The molecular weight excluding hydrogens is 435 g/mol. The Balaban J connectivity index is 1.79. The molecule has 33 heavy (non-hydrogen) atoms. The van der Waals surface area contributed by atoms with Gasteiger partial charge in [0.05, 0.1) is 36.0 Å². The number of morpholine rings is 1. The molecule has 1 aromatic carbocycles. The normalized spacial score (nSPS) is 15.7. The molecule has 3 heterocycles. The molecule has 4 rings (SSSR count). The summed E-state index contributed by atoms with van der Waals surface area (Å²) in [5, 5.41) is 12.4. The molecule has 1 aliphatic heterocycles. The lowest BCUT2D eigenvalue weighted by molar-refractivity contribution is -0.138. The molecule has 0 bridgehead atoms. The van der Waals surface area contributed by atoms with Gasteiger partial charge in [0, 0.05) is 25.5 Å². The molecule has 0 saturated carbocycles. The minimum absolute atomic E-state index is 0.145. The van der Waals surface area contributed by atoms with Crippen LogP contribution in [0.1, 0.15) is 35.3 Å². The van der Waals surface area contributed by atoms with Crippen molar-refractivity contribution >= 4 is 22.4 Å². The first-order valence-corrected chi connectivity index (χ1v) is 10.7. The van der Waals surface area contributed by atoms with Gasteiger partial charge >= 0.3 is 6.18 Å². The molecule has 1 atom stereocenters. The number of pyridine rings is 1. The van der Waals surface area contributed by atoms with E-state index in [0.717, 1.165) is 6.07 Å². The Morgan fingerprint density at radius 2 is 1.85 bits per heavy atom. The van der Waals surface area contributed by atoms with Gasteiger partial charge in [0.15, 0.2) is 5.82 Å². The zero-order valence-electron chi connectivity index (χ0n) is 19.0. The van der Waals surface area contributed by atoms with E-state index in [2.05, 4.69) is 15.5 Å². The monoisotopic (exact) mass is 461 g/mol. The number of halogens is 3. The zero-order chi connectivity index (χ0) is 23.9. The Morgan fingerprint density at radius 3 is 2.52 bits per heavy atom. The van der Waals surface area contributed by atoms with E-state index in [1.165, 1.54) is 13.0 Å². The summed E-state index contributed by atoms with van der Waals surface area (Å²) in [5.41, 5.74) is 1.62. The molecule has 1 N–H and O–H groups in total. The molecule has 7 nitrogen and oxygen atoms in total. The summed E-state index contributed by atoms with van der Waals surface area (Å²) in [6.07, 6.45) is -4.43. The summed E-state index contributed by atoms with van der Waals surface area (Å²) >= 11 is 0. The lowest BCUT2D eigenvalue weighted by atomic mass is 9.97. The molecule has 10 heteroatoms. The molecule has 176 valence electrons. The standard InChI is InChI=1S/C23H26F3N5O2/c1-13-16(6-5-7-18(13)23(24,25)26)14(2)27-21-17-12-19(31-8-10-33-11-9-31)22(32)30(4)20(17)15(3)28-29-21/h5-7,12,14H,8-11H2,1-4H3,(H,27,29)/t14-/m1/s1. The van der Waals surface area contributed by atoms with Gasteiger partial charge in [-0.1, -0.05) is 12.1 Å². The maximum absolute atomic E-state index is 13.4. The maximum Gasteiger partial charge on any atom is 0.416 e. The SMILES string of the molecule is Cc1c([C@@H](C)Nc2nnc(C)c3c2cc(N2CCOCC2)c(=O)n3C)cccc1C(F)(F)F. The average Bonchev–Trinajstić information content (AvgIpc) is 2.77. The summed E-state index contributed by atoms with van der Waals surface area (Å²) in [5.74, 6) is 0.407. The number of hydrogen-bond acceptors (Lipinski definition) is 6. The second kappa shape index (κ2) is 8.66. The summed E-state index contributed by atoms with van der Waals surface area (Å²) < 4.78 is 47.1. The molecular formula is C23H26F3N5O2. The van der Waals surface area contributed by atoms with Crippen LogP contribution in [0, 0.1) is 13.8 Å². The van der Waals surface area contributed by atoms with Crippen LogP contribution >= 0.6 is 0 Å². The lowest BCUT2D eigenvalue weighted by Crippen LogP contribution is -2.40. The topological polar surface area (TPSA) is 72.3 Å². The Kier molecular flexibility index (Phi) is 6.04. The Bertz CT molecular complexity index is 1250. The number of rotatable bonds is 4. The van der Waals surface area contributed by atoms with E-state index in [0.29, 0.717) is 60.0 Å². The first kappa shape index (κ1) is 23.0. The maximum atomic E-state index is 13.4. The number of hydrogen-bond donors (Lipinski definition) is 1. The van der Waals surface area contributed by atoms with Gasteiger partial charge in [0.25, 0.3) is 5.56 Å². The fraction of sp³-hybridized carbons (Fsp3) is 0.435. The number of benzene rings is 1. The molecule has 0 unspecified atom stereocenters. The molecule has 0 spiro atoms. The number of aryl methyl sites for hydroxylation is 2. The van der Waals surface area contributed by atoms with E-state index in [1.54, 1.807) is 37.6 Å². The van der Waals surface area contributed by atoms with Crippen LogP contribution in [0.15, 0.2) is 29.1 Å². The van der Waals surface area contributed by atoms with Crippen LogP contribution in [-0.2, 0) is 18.0 Å². The number of anilines is 2. The molecule has 0 radical (unpaired) electrons. The fourth-order valence-electron chi connectivity index (χ4n) is 4.42. The predicted molar refractivity (Wildman–Crippen MR) is 121 cm³/mol. The van der Waals surface area contributed by atoms with Crippen LogP contribution in [0.5, 0.6) is 0 Å². The number of nitrogens with zero attached hydrogens (tertiary/aromatic N) is 4. The highest BCUT2D eigenvalue weighted by Crippen LogP contribution is 2.35. The largest absolute Gasteiger partial charge is 0.416 e. The van der Waals surface area contributed by atoms with Gasteiger partial charge in [-0.05, 0) is 44.0 Å². The van der Waals surface area contributed by atoms with E-state index < -0.39 is 17.8 Å². The Morgan fingerprint density at radius 1 is 1.15 bits per heavy atom. The minimum Gasteiger partial charge on any atom is -0.378 e. The third kappa shape index (κ3) is 4.27. The summed E-state index contributed by atoms with van der Waals surface area (Å²) in [7, 11) is 1.69. The van der Waals surface area contributed by atoms with Gasteiger partial charge in [-0.25, -0.2) is 0 Å². The Hall–Kier alpha value is -3.14. The van der Waals surface area contributed by atoms with Gasteiger partial charge in [-0.3, -0.25) is 4.79 Å². The van der Waals surface area contributed by atoms with Crippen molar-refractivity contribution in [2.75, 3.05) is 36.5 Å². The number of alkyl halides is 3. The van der Waals surface area contributed by atoms with Crippen LogP contribution in [0.3, 0.4) is 0 Å². The van der Waals surface area contributed by atoms with Crippen LogP contribution < -0.4 is 15.8 Å². The highest BCUT2D eigenvalue weighted by Gasteiger charge is 2.33. The second-order valence-corrected chi connectivity index (χ2v) is 8.27. The van der Waals surface area contributed by atoms with Crippen LogP contribution in [0.4, 0.5) is 24.7 Å². The van der Waals surface area contributed by atoms with Crippen molar-refractivity contribution in [2.24, 2.45) is 7.05 Å². The zero-order valence-corrected chi connectivity index (χ0v) is 19.0. The van der Waals surface area contributed by atoms with Crippen LogP contribution in [-0.4, -0.2) is 41.1 Å². The lowest BCUT2D eigenvalue weighted by Gasteiger charge is -2.29. The molecule has 0 aliphatic carbocycles. The smallest absolute Gasteiger partial charge is 0.378 e. The molecule has 1 saturated heterocycles. The van der Waals surface area contributed by atoms with E-state index >= 15 is 0 Å². The van der Waals surface area contributed by atoms with Crippen LogP contribution in [0.2, 0.25) is 0 Å². The summed E-state index contributed by atoms with van der Waals surface area (Å²) in [4.78, 5) is 15.0. The average molecular weight is 461 g/mol. The van der Waals surface area contributed by atoms with Gasteiger partial charge in [0.2, 0.25) is 0 Å². The summed E-state index contributed by atoms with van der Waals surface area (Å²) in [6.45, 7) is 7.28. The third-order valence-electron chi connectivity index (χ3n) is 6.15. The Labute approximate surface area is 189 Å².